The van der Waals surface area contributed by atoms with Crippen LogP contribution in [0, 0.1) is 0 Å². The summed E-state index contributed by atoms with van der Waals surface area (Å²) in [5.74, 6) is 0.0784. The standard InChI is InChI=1S/C22H27N3O6S/c1-30-17-31-20-4-2-3-19(15-20)16-24-11-13-25(14-12-24)32(28,29)21-8-5-18(6-9-21)7-10-22(26)23-27/h2-10,15,27H,11-14,16-17H2,1H3,(H,23,26)/b10-7+. The number of hydrogen-bond donors (Lipinski definition) is 2. The minimum atomic E-state index is -3.60. The SMILES string of the molecule is COCOc1cccc(CN2CCN(S(=O)(=O)c3ccc(/C=C/C(=O)NO)cc3)CC2)c1. The lowest BCUT2D eigenvalue weighted by Crippen LogP contribution is -2.48. The second-order valence-electron chi connectivity index (χ2n) is 7.26. The smallest absolute Gasteiger partial charge is 0.267 e. The Morgan fingerprint density at radius 1 is 1.12 bits per heavy atom. The van der Waals surface area contributed by atoms with E-state index in [-0.39, 0.29) is 11.7 Å². The van der Waals surface area contributed by atoms with E-state index >= 15 is 0 Å². The van der Waals surface area contributed by atoms with Gasteiger partial charge < -0.3 is 9.47 Å². The molecule has 0 spiro atoms. The van der Waals surface area contributed by atoms with Gasteiger partial charge in [0.15, 0.2) is 6.79 Å². The van der Waals surface area contributed by atoms with Crippen molar-refractivity contribution in [3.63, 3.8) is 0 Å². The van der Waals surface area contributed by atoms with Crippen molar-refractivity contribution >= 4 is 22.0 Å². The van der Waals surface area contributed by atoms with Crippen LogP contribution in [0.3, 0.4) is 0 Å². The van der Waals surface area contributed by atoms with Gasteiger partial charge in [-0.15, -0.1) is 0 Å². The van der Waals surface area contributed by atoms with E-state index in [0.29, 0.717) is 38.3 Å². The fourth-order valence-corrected chi connectivity index (χ4v) is 4.78. The lowest BCUT2D eigenvalue weighted by Gasteiger charge is -2.34. The molecule has 0 unspecified atom stereocenters. The zero-order valence-electron chi connectivity index (χ0n) is 17.8. The van der Waals surface area contributed by atoms with Gasteiger partial charge in [0, 0.05) is 45.9 Å². The van der Waals surface area contributed by atoms with Gasteiger partial charge >= 0.3 is 0 Å². The van der Waals surface area contributed by atoms with Gasteiger partial charge in [0.2, 0.25) is 10.0 Å². The van der Waals surface area contributed by atoms with Crippen molar-refractivity contribution in [2.24, 2.45) is 0 Å². The molecule has 3 rings (SSSR count). The van der Waals surface area contributed by atoms with E-state index in [9.17, 15) is 13.2 Å². The largest absolute Gasteiger partial charge is 0.468 e. The minimum absolute atomic E-state index is 0.190. The minimum Gasteiger partial charge on any atom is -0.468 e. The second-order valence-corrected chi connectivity index (χ2v) is 9.19. The van der Waals surface area contributed by atoms with Gasteiger partial charge in [-0.2, -0.15) is 4.31 Å². The third-order valence-corrected chi connectivity index (χ3v) is 6.95. The molecule has 1 saturated heterocycles. The number of nitrogens with one attached hydrogen (secondary N) is 1. The number of methoxy groups -OCH3 is 1. The van der Waals surface area contributed by atoms with Crippen LogP contribution in [0.25, 0.3) is 6.08 Å². The summed E-state index contributed by atoms with van der Waals surface area (Å²) in [6.07, 6.45) is 2.64. The van der Waals surface area contributed by atoms with Gasteiger partial charge in [0.1, 0.15) is 5.75 Å². The Labute approximate surface area is 187 Å². The van der Waals surface area contributed by atoms with E-state index in [1.54, 1.807) is 19.2 Å². The first-order valence-electron chi connectivity index (χ1n) is 10.1. The van der Waals surface area contributed by atoms with Crippen LogP contribution in [0.5, 0.6) is 5.75 Å². The number of benzene rings is 2. The molecule has 1 aliphatic rings. The average molecular weight is 462 g/mol. The zero-order chi connectivity index (χ0) is 23.0. The quantitative estimate of drug-likeness (QED) is 0.253. The van der Waals surface area contributed by atoms with Gasteiger partial charge in [-0.3, -0.25) is 14.9 Å². The molecule has 0 aromatic heterocycles. The molecule has 1 heterocycles. The Bertz CT molecular complexity index is 1030. The average Bonchev–Trinajstić information content (AvgIpc) is 2.82. The van der Waals surface area contributed by atoms with Crippen LogP contribution in [0.1, 0.15) is 11.1 Å². The predicted octanol–water partition coefficient (Wildman–Crippen LogP) is 1.69. The fourth-order valence-electron chi connectivity index (χ4n) is 3.36. The number of ether oxygens (including phenoxy) is 2. The van der Waals surface area contributed by atoms with Crippen LogP contribution in [-0.4, -0.2) is 68.8 Å². The molecule has 2 N–H and O–H groups in total. The number of hydrogen-bond acceptors (Lipinski definition) is 7. The summed E-state index contributed by atoms with van der Waals surface area (Å²) in [7, 11) is -2.03. The van der Waals surface area contributed by atoms with Gasteiger partial charge in [-0.05, 0) is 41.5 Å². The van der Waals surface area contributed by atoms with E-state index in [2.05, 4.69) is 4.90 Å². The van der Waals surface area contributed by atoms with Crippen molar-refractivity contribution in [2.75, 3.05) is 40.1 Å². The molecular formula is C22H27N3O6S. The number of amides is 1. The number of hydroxylamine groups is 1. The number of carbonyl (C=O) groups excluding carboxylic acids is 1. The molecule has 32 heavy (non-hydrogen) atoms. The van der Waals surface area contributed by atoms with Crippen molar-refractivity contribution in [3.05, 3.63) is 65.7 Å². The molecular weight excluding hydrogens is 434 g/mol. The molecule has 2 aromatic carbocycles. The summed E-state index contributed by atoms with van der Waals surface area (Å²) < 4.78 is 37.9. The highest BCUT2D eigenvalue weighted by Gasteiger charge is 2.28. The summed E-state index contributed by atoms with van der Waals surface area (Å²) in [6.45, 7) is 2.95. The van der Waals surface area contributed by atoms with Gasteiger partial charge in [-0.1, -0.05) is 24.3 Å². The number of piperazine rings is 1. The van der Waals surface area contributed by atoms with E-state index in [1.165, 1.54) is 28.0 Å². The highest BCUT2D eigenvalue weighted by atomic mass is 32.2. The fraction of sp³-hybridized carbons (Fsp3) is 0.318. The second kappa shape index (κ2) is 11.2. The molecule has 0 bridgehead atoms. The first-order valence-corrected chi connectivity index (χ1v) is 11.5. The topological polar surface area (TPSA) is 108 Å². The summed E-state index contributed by atoms with van der Waals surface area (Å²) >= 11 is 0. The highest BCUT2D eigenvalue weighted by molar-refractivity contribution is 7.89. The summed E-state index contributed by atoms with van der Waals surface area (Å²) in [6, 6.07) is 14.0. The molecule has 1 fully saturated rings. The van der Waals surface area contributed by atoms with Gasteiger partial charge in [-0.25, -0.2) is 13.9 Å². The van der Waals surface area contributed by atoms with Crippen LogP contribution < -0.4 is 10.2 Å². The zero-order valence-corrected chi connectivity index (χ0v) is 18.6. The molecule has 9 nitrogen and oxygen atoms in total. The molecule has 1 aliphatic heterocycles. The predicted molar refractivity (Wildman–Crippen MR) is 118 cm³/mol. The Morgan fingerprint density at radius 2 is 1.84 bits per heavy atom. The molecule has 0 radical (unpaired) electrons. The molecule has 2 aromatic rings. The molecule has 0 saturated carbocycles. The molecule has 172 valence electrons. The summed E-state index contributed by atoms with van der Waals surface area (Å²) in [4.78, 5) is 13.5. The molecule has 10 heteroatoms. The van der Waals surface area contributed by atoms with Crippen molar-refractivity contribution in [3.8, 4) is 5.75 Å². The Hall–Kier alpha value is -2.76. The van der Waals surface area contributed by atoms with E-state index in [4.69, 9.17) is 14.7 Å². The monoisotopic (exact) mass is 461 g/mol. The number of carbonyl (C=O) groups is 1. The maximum Gasteiger partial charge on any atom is 0.267 e. The summed E-state index contributed by atoms with van der Waals surface area (Å²) in [5, 5.41) is 8.50. The van der Waals surface area contributed by atoms with Crippen molar-refractivity contribution in [1.82, 2.24) is 14.7 Å². The van der Waals surface area contributed by atoms with Gasteiger partial charge in [0.05, 0.1) is 4.90 Å². The van der Waals surface area contributed by atoms with Crippen LogP contribution >= 0.6 is 0 Å². The Kier molecular flexibility index (Phi) is 8.37. The van der Waals surface area contributed by atoms with E-state index in [0.717, 1.165) is 17.4 Å². The highest BCUT2D eigenvalue weighted by Crippen LogP contribution is 2.20. The molecule has 0 atom stereocenters. The lowest BCUT2D eigenvalue weighted by molar-refractivity contribution is -0.124. The first-order chi connectivity index (χ1) is 15.4. The first kappa shape index (κ1) is 23.9. The van der Waals surface area contributed by atoms with Crippen LogP contribution in [0.2, 0.25) is 0 Å². The van der Waals surface area contributed by atoms with E-state index in [1.807, 2.05) is 24.3 Å². The number of nitrogens with zero attached hydrogens (tertiary/aromatic N) is 2. The van der Waals surface area contributed by atoms with E-state index < -0.39 is 15.9 Å². The lowest BCUT2D eigenvalue weighted by atomic mass is 10.2. The Balaban J connectivity index is 1.57. The normalized spacial score (nSPS) is 15.7. The van der Waals surface area contributed by atoms with Crippen LogP contribution in [-0.2, 0) is 26.1 Å². The third-order valence-electron chi connectivity index (χ3n) is 5.03. The van der Waals surface area contributed by atoms with Crippen molar-refractivity contribution in [1.29, 1.82) is 0 Å². The maximum atomic E-state index is 13.0. The third kappa shape index (κ3) is 6.38. The van der Waals surface area contributed by atoms with Crippen LogP contribution in [0.15, 0.2) is 59.5 Å². The molecule has 0 aliphatic carbocycles. The summed E-state index contributed by atoms with van der Waals surface area (Å²) in [5.41, 5.74) is 3.24. The maximum absolute atomic E-state index is 13.0. The van der Waals surface area contributed by atoms with Gasteiger partial charge in [0.25, 0.3) is 5.91 Å². The Morgan fingerprint density at radius 3 is 2.50 bits per heavy atom. The van der Waals surface area contributed by atoms with Crippen LogP contribution in [0.4, 0.5) is 0 Å². The van der Waals surface area contributed by atoms with Crippen molar-refractivity contribution < 1.29 is 27.9 Å². The number of sulfonamides is 1. The number of rotatable bonds is 9. The van der Waals surface area contributed by atoms with Crippen molar-refractivity contribution in [2.45, 2.75) is 11.4 Å². The molecule has 1 amide bonds.